The first-order valence-electron chi connectivity index (χ1n) is 10.3. The maximum Gasteiger partial charge on any atom is 0.261 e. The van der Waals surface area contributed by atoms with E-state index in [1.54, 1.807) is 54.6 Å². The molecule has 0 bridgehead atoms. The lowest BCUT2D eigenvalue weighted by atomic mass is 10.1. The van der Waals surface area contributed by atoms with Crippen LogP contribution in [0.4, 0.5) is 11.4 Å². The van der Waals surface area contributed by atoms with Crippen molar-refractivity contribution < 1.29 is 18.0 Å². The maximum atomic E-state index is 12.5. The monoisotopic (exact) mass is 449 g/mol. The first kappa shape index (κ1) is 21.6. The number of amides is 2. The molecule has 8 heteroatoms. The molecule has 1 fully saturated rings. The average molecular weight is 450 g/mol. The number of nitrogens with one attached hydrogen (secondary N) is 2. The van der Waals surface area contributed by atoms with E-state index in [0.29, 0.717) is 22.5 Å². The highest BCUT2D eigenvalue weighted by Gasteiger charge is 2.19. The number of nitrogens with zero attached hydrogens (tertiary/aromatic N) is 1. The first-order chi connectivity index (χ1) is 15.4. The van der Waals surface area contributed by atoms with Crippen molar-refractivity contribution in [1.29, 1.82) is 0 Å². The van der Waals surface area contributed by atoms with E-state index in [4.69, 9.17) is 0 Å². The summed E-state index contributed by atoms with van der Waals surface area (Å²) in [7, 11) is -3.69. The fraction of sp³-hybridized carbons (Fsp3) is 0.167. The summed E-state index contributed by atoms with van der Waals surface area (Å²) in [6.07, 6.45) is 2.07. The first-order valence-corrected chi connectivity index (χ1v) is 11.8. The Balaban J connectivity index is 1.38. The van der Waals surface area contributed by atoms with Crippen molar-refractivity contribution in [3.05, 3.63) is 90.0 Å². The minimum atomic E-state index is -3.69. The zero-order valence-corrected chi connectivity index (χ0v) is 18.1. The highest BCUT2D eigenvalue weighted by molar-refractivity contribution is 7.92. The third-order valence-corrected chi connectivity index (χ3v) is 6.63. The number of anilines is 2. The lowest BCUT2D eigenvalue weighted by molar-refractivity contribution is 0.0792. The van der Waals surface area contributed by atoms with Crippen LogP contribution in [-0.4, -0.2) is 38.2 Å². The normalized spacial score (nSPS) is 13.6. The molecule has 1 aliphatic heterocycles. The molecule has 32 heavy (non-hydrogen) atoms. The Bertz CT molecular complexity index is 1200. The molecule has 3 aromatic rings. The molecule has 0 atom stereocenters. The molecule has 2 amide bonds. The summed E-state index contributed by atoms with van der Waals surface area (Å²) in [4.78, 5) is 26.9. The molecule has 3 aromatic carbocycles. The second-order valence-electron chi connectivity index (χ2n) is 7.53. The van der Waals surface area contributed by atoms with Crippen LogP contribution in [0.15, 0.2) is 83.8 Å². The van der Waals surface area contributed by atoms with E-state index in [1.165, 1.54) is 24.3 Å². The molecule has 2 N–H and O–H groups in total. The van der Waals surface area contributed by atoms with Crippen LogP contribution in [0.25, 0.3) is 0 Å². The average Bonchev–Trinajstić information content (AvgIpc) is 3.35. The van der Waals surface area contributed by atoms with E-state index >= 15 is 0 Å². The van der Waals surface area contributed by atoms with Crippen molar-refractivity contribution >= 4 is 33.2 Å². The molecule has 7 nitrogen and oxygen atoms in total. The van der Waals surface area contributed by atoms with Gasteiger partial charge in [0.25, 0.3) is 21.8 Å². The smallest absolute Gasteiger partial charge is 0.261 e. The van der Waals surface area contributed by atoms with Gasteiger partial charge in [-0.15, -0.1) is 0 Å². The Morgan fingerprint density at radius 1 is 0.719 bits per heavy atom. The standard InChI is InChI=1S/C24H23N3O4S/c28-23(25-20-12-10-19(11-13-20)24(29)27-16-4-5-17-27)18-8-14-21(15-9-18)26-32(30,31)22-6-2-1-3-7-22/h1-3,6-15,26H,4-5,16-17H2,(H,25,28). The van der Waals surface area contributed by atoms with Gasteiger partial charge in [0, 0.05) is 35.6 Å². The van der Waals surface area contributed by atoms with E-state index in [0.717, 1.165) is 25.9 Å². The third-order valence-electron chi connectivity index (χ3n) is 5.24. The molecule has 1 saturated heterocycles. The fourth-order valence-corrected chi connectivity index (χ4v) is 4.59. The largest absolute Gasteiger partial charge is 0.339 e. The molecule has 1 heterocycles. The number of benzene rings is 3. The predicted molar refractivity (Wildman–Crippen MR) is 123 cm³/mol. The molecule has 0 unspecified atom stereocenters. The minimum Gasteiger partial charge on any atom is -0.339 e. The number of carbonyl (C=O) groups excluding carboxylic acids is 2. The number of hydrogen-bond acceptors (Lipinski definition) is 4. The molecule has 164 valence electrons. The van der Waals surface area contributed by atoms with E-state index < -0.39 is 10.0 Å². The van der Waals surface area contributed by atoms with Crippen LogP contribution < -0.4 is 10.0 Å². The summed E-state index contributed by atoms with van der Waals surface area (Å²) in [5, 5.41) is 2.78. The van der Waals surface area contributed by atoms with E-state index in [-0.39, 0.29) is 16.7 Å². The van der Waals surface area contributed by atoms with Gasteiger partial charge in [0.05, 0.1) is 4.90 Å². The Morgan fingerprint density at radius 3 is 1.91 bits per heavy atom. The lowest BCUT2D eigenvalue weighted by Gasteiger charge is -2.15. The van der Waals surface area contributed by atoms with Crippen molar-refractivity contribution in [2.75, 3.05) is 23.1 Å². The van der Waals surface area contributed by atoms with Gasteiger partial charge in [-0.2, -0.15) is 0 Å². The van der Waals surface area contributed by atoms with Gasteiger partial charge in [0.15, 0.2) is 0 Å². The third kappa shape index (κ3) is 4.97. The zero-order chi connectivity index (χ0) is 22.6. The van der Waals surface area contributed by atoms with Crippen LogP contribution in [0.1, 0.15) is 33.6 Å². The number of likely N-dealkylation sites (tertiary alicyclic amines) is 1. The summed E-state index contributed by atoms with van der Waals surface area (Å²) in [5.74, 6) is -0.324. The molecule has 4 rings (SSSR count). The van der Waals surface area contributed by atoms with E-state index in [1.807, 2.05) is 4.90 Å². The zero-order valence-electron chi connectivity index (χ0n) is 17.3. The number of rotatable bonds is 6. The van der Waals surface area contributed by atoms with E-state index in [2.05, 4.69) is 10.0 Å². The molecule has 0 aliphatic carbocycles. The SMILES string of the molecule is O=C(Nc1ccc(C(=O)N2CCCC2)cc1)c1ccc(NS(=O)(=O)c2ccccc2)cc1. The van der Waals surface area contributed by atoms with Gasteiger partial charge in [-0.3, -0.25) is 14.3 Å². The second kappa shape index (κ2) is 9.23. The van der Waals surface area contributed by atoms with Crippen LogP contribution >= 0.6 is 0 Å². The summed E-state index contributed by atoms with van der Waals surface area (Å²) in [6, 6.07) is 21.0. The van der Waals surface area contributed by atoms with Gasteiger partial charge >= 0.3 is 0 Å². The number of hydrogen-bond donors (Lipinski definition) is 2. The number of carbonyl (C=O) groups is 2. The minimum absolute atomic E-state index is 0.00826. The topological polar surface area (TPSA) is 95.6 Å². The highest BCUT2D eigenvalue weighted by Crippen LogP contribution is 2.19. The summed E-state index contributed by atoms with van der Waals surface area (Å²) in [6.45, 7) is 1.57. The molecule has 1 aliphatic rings. The van der Waals surface area contributed by atoms with Crippen molar-refractivity contribution in [3.63, 3.8) is 0 Å². The summed E-state index contributed by atoms with van der Waals surface area (Å²) < 4.78 is 27.3. The van der Waals surface area contributed by atoms with Gasteiger partial charge in [-0.25, -0.2) is 8.42 Å². The Morgan fingerprint density at radius 2 is 1.28 bits per heavy atom. The lowest BCUT2D eigenvalue weighted by Crippen LogP contribution is -2.27. The van der Waals surface area contributed by atoms with E-state index in [9.17, 15) is 18.0 Å². The molecule has 0 saturated carbocycles. The van der Waals surface area contributed by atoms with Gasteiger partial charge in [0.2, 0.25) is 0 Å². The fourth-order valence-electron chi connectivity index (χ4n) is 3.51. The molecular weight excluding hydrogens is 426 g/mol. The van der Waals surface area contributed by atoms with Crippen molar-refractivity contribution in [3.8, 4) is 0 Å². The van der Waals surface area contributed by atoms with Crippen molar-refractivity contribution in [1.82, 2.24) is 4.90 Å². The van der Waals surface area contributed by atoms with Gasteiger partial charge in [0.1, 0.15) is 0 Å². The molecular formula is C24H23N3O4S. The Kier molecular flexibility index (Phi) is 6.23. The van der Waals surface area contributed by atoms with Crippen LogP contribution in [0.5, 0.6) is 0 Å². The van der Waals surface area contributed by atoms with Crippen LogP contribution in [-0.2, 0) is 10.0 Å². The highest BCUT2D eigenvalue weighted by atomic mass is 32.2. The van der Waals surface area contributed by atoms with Crippen LogP contribution in [0, 0.1) is 0 Å². The molecule has 0 spiro atoms. The summed E-state index contributed by atoms with van der Waals surface area (Å²) in [5.41, 5.74) is 1.90. The maximum absolute atomic E-state index is 12.5. The quantitative estimate of drug-likeness (QED) is 0.595. The van der Waals surface area contributed by atoms with Gasteiger partial charge in [-0.05, 0) is 73.5 Å². The number of sulfonamides is 1. The predicted octanol–water partition coefficient (Wildman–Crippen LogP) is 3.98. The van der Waals surface area contributed by atoms with Crippen LogP contribution in [0.3, 0.4) is 0 Å². The van der Waals surface area contributed by atoms with Crippen molar-refractivity contribution in [2.45, 2.75) is 17.7 Å². The van der Waals surface area contributed by atoms with Gasteiger partial charge in [-0.1, -0.05) is 18.2 Å². The second-order valence-corrected chi connectivity index (χ2v) is 9.21. The Labute approximate surface area is 187 Å². The Hall–Kier alpha value is -3.65. The van der Waals surface area contributed by atoms with Gasteiger partial charge < -0.3 is 10.2 Å². The molecule has 0 aromatic heterocycles. The van der Waals surface area contributed by atoms with Crippen LogP contribution in [0.2, 0.25) is 0 Å². The summed E-state index contributed by atoms with van der Waals surface area (Å²) >= 11 is 0. The van der Waals surface area contributed by atoms with Crippen molar-refractivity contribution in [2.24, 2.45) is 0 Å². The molecule has 0 radical (unpaired) electrons.